The highest BCUT2D eigenvalue weighted by molar-refractivity contribution is 5.66. The molecule has 0 saturated carbocycles. The van der Waals surface area contributed by atoms with Crippen molar-refractivity contribution in [3.05, 3.63) is 0 Å². The molecule has 0 spiro atoms. The maximum Gasteiger partial charge on any atom is 0.303 e. The molecule has 0 aliphatic rings. The topological polar surface area (TPSA) is 40.5 Å². The van der Waals surface area contributed by atoms with Gasteiger partial charge in [0, 0.05) is 25.0 Å². The van der Waals surface area contributed by atoms with Crippen LogP contribution in [0.5, 0.6) is 0 Å². The van der Waals surface area contributed by atoms with E-state index < -0.39 is 5.97 Å². The zero-order valence-electron chi connectivity index (χ0n) is 12.1. The number of aliphatic carboxylic acids is 1. The SMILES string of the molecule is CCC(CC)N(CC(C)C)C(C)CCC(=O)O. The van der Waals surface area contributed by atoms with Gasteiger partial charge in [0.25, 0.3) is 0 Å². The van der Waals surface area contributed by atoms with Gasteiger partial charge in [-0.25, -0.2) is 0 Å². The first-order valence-corrected chi connectivity index (χ1v) is 6.89. The molecule has 0 aromatic heterocycles. The Labute approximate surface area is 106 Å². The van der Waals surface area contributed by atoms with Crippen LogP contribution in [-0.2, 0) is 4.79 Å². The van der Waals surface area contributed by atoms with Crippen LogP contribution >= 0.6 is 0 Å². The van der Waals surface area contributed by atoms with Crippen LogP contribution in [0.25, 0.3) is 0 Å². The van der Waals surface area contributed by atoms with Crippen molar-refractivity contribution in [3.63, 3.8) is 0 Å². The van der Waals surface area contributed by atoms with Gasteiger partial charge in [0.1, 0.15) is 0 Å². The minimum atomic E-state index is -0.689. The molecule has 17 heavy (non-hydrogen) atoms. The molecular formula is C14H29NO2. The lowest BCUT2D eigenvalue weighted by Crippen LogP contribution is -2.43. The first-order chi connectivity index (χ1) is 7.92. The average molecular weight is 243 g/mol. The van der Waals surface area contributed by atoms with Crippen molar-refractivity contribution in [2.24, 2.45) is 5.92 Å². The number of carboxylic acid groups (broad SMARTS) is 1. The molecule has 0 heterocycles. The monoisotopic (exact) mass is 243 g/mol. The molecular weight excluding hydrogens is 214 g/mol. The molecule has 0 aromatic rings. The molecule has 0 aliphatic carbocycles. The van der Waals surface area contributed by atoms with E-state index in [0.717, 1.165) is 25.8 Å². The summed E-state index contributed by atoms with van der Waals surface area (Å²) in [5, 5.41) is 8.76. The van der Waals surface area contributed by atoms with Gasteiger partial charge in [-0.15, -0.1) is 0 Å². The van der Waals surface area contributed by atoms with Crippen molar-refractivity contribution in [2.75, 3.05) is 6.54 Å². The van der Waals surface area contributed by atoms with E-state index in [0.29, 0.717) is 18.0 Å². The van der Waals surface area contributed by atoms with Gasteiger partial charge in [0.05, 0.1) is 0 Å². The summed E-state index contributed by atoms with van der Waals surface area (Å²) in [5.74, 6) is -0.0613. The maximum atomic E-state index is 10.6. The molecule has 0 bridgehead atoms. The van der Waals surface area contributed by atoms with Crippen molar-refractivity contribution < 1.29 is 9.90 Å². The standard InChI is InChI=1S/C14H29NO2/c1-6-13(7-2)15(10-11(3)4)12(5)8-9-14(16)17/h11-13H,6-10H2,1-5H3,(H,16,17). The van der Waals surface area contributed by atoms with Gasteiger partial charge in [0.15, 0.2) is 0 Å². The number of nitrogens with zero attached hydrogens (tertiary/aromatic N) is 1. The fraction of sp³-hybridized carbons (Fsp3) is 0.929. The molecule has 1 atom stereocenters. The van der Waals surface area contributed by atoms with Gasteiger partial charge >= 0.3 is 5.97 Å². The minimum Gasteiger partial charge on any atom is -0.481 e. The zero-order valence-corrected chi connectivity index (χ0v) is 12.1. The van der Waals surface area contributed by atoms with Gasteiger partial charge in [-0.1, -0.05) is 27.7 Å². The van der Waals surface area contributed by atoms with E-state index in [1.165, 1.54) is 0 Å². The molecule has 3 nitrogen and oxygen atoms in total. The number of rotatable bonds is 9. The fourth-order valence-corrected chi connectivity index (χ4v) is 2.37. The largest absolute Gasteiger partial charge is 0.481 e. The molecule has 0 aromatic carbocycles. The summed E-state index contributed by atoms with van der Waals surface area (Å²) in [4.78, 5) is 13.1. The lowest BCUT2D eigenvalue weighted by molar-refractivity contribution is -0.137. The molecule has 0 radical (unpaired) electrons. The van der Waals surface area contributed by atoms with Gasteiger partial charge in [-0.3, -0.25) is 9.69 Å². The van der Waals surface area contributed by atoms with Crippen LogP contribution in [0.4, 0.5) is 0 Å². The second kappa shape index (κ2) is 8.51. The second-order valence-corrected chi connectivity index (χ2v) is 5.34. The first kappa shape index (κ1) is 16.4. The highest BCUT2D eigenvalue weighted by Gasteiger charge is 2.22. The molecule has 0 saturated heterocycles. The van der Waals surface area contributed by atoms with Crippen LogP contribution in [0.2, 0.25) is 0 Å². The Bertz CT molecular complexity index is 212. The Kier molecular flexibility index (Phi) is 8.23. The van der Waals surface area contributed by atoms with Crippen LogP contribution in [-0.4, -0.2) is 34.6 Å². The number of hydrogen-bond donors (Lipinski definition) is 1. The second-order valence-electron chi connectivity index (χ2n) is 5.34. The fourth-order valence-electron chi connectivity index (χ4n) is 2.37. The van der Waals surface area contributed by atoms with E-state index in [1.807, 2.05) is 0 Å². The van der Waals surface area contributed by atoms with Gasteiger partial charge in [0.2, 0.25) is 0 Å². The Balaban J connectivity index is 4.48. The number of carbonyl (C=O) groups is 1. The predicted octanol–water partition coefficient (Wildman–Crippen LogP) is 3.39. The van der Waals surface area contributed by atoms with E-state index in [-0.39, 0.29) is 6.42 Å². The Hall–Kier alpha value is -0.570. The van der Waals surface area contributed by atoms with E-state index in [4.69, 9.17) is 5.11 Å². The number of carboxylic acids is 1. The molecule has 0 rings (SSSR count). The van der Waals surface area contributed by atoms with Crippen LogP contribution in [0.1, 0.15) is 60.3 Å². The van der Waals surface area contributed by atoms with E-state index in [1.54, 1.807) is 0 Å². The first-order valence-electron chi connectivity index (χ1n) is 6.89. The Morgan fingerprint density at radius 3 is 2.06 bits per heavy atom. The van der Waals surface area contributed by atoms with Gasteiger partial charge in [-0.2, -0.15) is 0 Å². The molecule has 0 fully saturated rings. The molecule has 102 valence electrons. The average Bonchev–Trinajstić information content (AvgIpc) is 2.25. The molecule has 0 aliphatic heterocycles. The van der Waals surface area contributed by atoms with Crippen molar-refractivity contribution in [2.45, 2.75) is 72.4 Å². The Morgan fingerprint density at radius 1 is 1.18 bits per heavy atom. The van der Waals surface area contributed by atoms with Crippen molar-refractivity contribution >= 4 is 5.97 Å². The molecule has 3 heteroatoms. The molecule has 0 amide bonds. The summed E-state index contributed by atoms with van der Waals surface area (Å²) in [6.07, 6.45) is 3.30. The zero-order chi connectivity index (χ0) is 13.4. The van der Waals surface area contributed by atoms with Crippen LogP contribution in [0.15, 0.2) is 0 Å². The number of hydrogen-bond acceptors (Lipinski definition) is 2. The highest BCUT2D eigenvalue weighted by Crippen LogP contribution is 2.18. The summed E-state index contributed by atoms with van der Waals surface area (Å²) in [6.45, 7) is 12.1. The van der Waals surface area contributed by atoms with Gasteiger partial charge in [-0.05, 0) is 32.1 Å². The van der Waals surface area contributed by atoms with Crippen LogP contribution in [0.3, 0.4) is 0 Å². The van der Waals surface area contributed by atoms with E-state index in [9.17, 15) is 4.79 Å². The summed E-state index contributed by atoms with van der Waals surface area (Å²) in [6, 6.07) is 0.944. The highest BCUT2D eigenvalue weighted by atomic mass is 16.4. The summed E-state index contributed by atoms with van der Waals surface area (Å²) in [5.41, 5.74) is 0. The summed E-state index contributed by atoms with van der Waals surface area (Å²) < 4.78 is 0. The summed E-state index contributed by atoms with van der Waals surface area (Å²) in [7, 11) is 0. The van der Waals surface area contributed by atoms with E-state index >= 15 is 0 Å². The normalized spacial score (nSPS) is 13.6. The van der Waals surface area contributed by atoms with Crippen molar-refractivity contribution in [1.82, 2.24) is 4.90 Å². The quantitative estimate of drug-likeness (QED) is 0.675. The van der Waals surface area contributed by atoms with Gasteiger partial charge < -0.3 is 5.11 Å². The van der Waals surface area contributed by atoms with Crippen molar-refractivity contribution in [3.8, 4) is 0 Å². The minimum absolute atomic E-state index is 0.274. The van der Waals surface area contributed by atoms with Crippen LogP contribution in [0, 0.1) is 5.92 Å². The molecule has 1 unspecified atom stereocenters. The Morgan fingerprint density at radius 2 is 1.71 bits per heavy atom. The third-order valence-corrected chi connectivity index (χ3v) is 3.33. The third-order valence-electron chi connectivity index (χ3n) is 3.33. The lowest BCUT2D eigenvalue weighted by Gasteiger charge is -2.37. The smallest absolute Gasteiger partial charge is 0.303 e. The van der Waals surface area contributed by atoms with Crippen molar-refractivity contribution in [1.29, 1.82) is 0 Å². The molecule has 1 N–H and O–H groups in total. The summed E-state index contributed by atoms with van der Waals surface area (Å²) >= 11 is 0. The maximum absolute atomic E-state index is 10.6. The third kappa shape index (κ3) is 6.67. The predicted molar refractivity (Wildman–Crippen MR) is 72.2 cm³/mol. The lowest BCUT2D eigenvalue weighted by atomic mass is 10.0. The van der Waals surface area contributed by atoms with Crippen LogP contribution < -0.4 is 0 Å². The van der Waals surface area contributed by atoms with E-state index in [2.05, 4.69) is 39.5 Å².